The van der Waals surface area contributed by atoms with Gasteiger partial charge >= 0.3 is 5.97 Å². The third-order valence-corrected chi connectivity index (χ3v) is 7.56. The Kier molecular flexibility index (Phi) is 5.14. The maximum atomic E-state index is 13.1. The number of carboxylic acid groups (broad SMARTS) is 1. The molecule has 4 amide bonds. The van der Waals surface area contributed by atoms with Crippen LogP contribution in [0.3, 0.4) is 0 Å². The summed E-state index contributed by atoms with van der Waals surface area (Å²) in [6.07, 6.45) is 0. The van der Waals surface area contributed by atoms with E-state index in [1.165, 1.54) is 4.90 Å². The average Bonchev–Trinajstić information content (AvgIpc) is 3.19. The molecule has 3 atom stereocenters. The molecule has 2 aromatic rings. The van der Waals surface area contributed by atoms with Crippen LogP contribution in [0.25, 0.3) is 0 Å². The molecule has 5 rings (SSSR count). The van der Waals surface area contributed by atoms with E-state index in [1.807, 2.05) is 0 Å². The maximum Gasteiger partial charge on any atom is 0.325 e. The second-order valence-corrected chi connectivity index (χ2v) is 9.38. The third-order valence-electron chi connectivity index (χ3n) is 6.21. The van der Waals surface area contributed by atoms with Gasteiger partial charge in [0.25, 0.3) is 23.6 Å². The summed E-state index contributed by atoms with van der Waals surface area (Å²) in [5, 5.41) is 8.95. The van der Waals surface area contributed by atoms with Crippen LogP contribution in [-0.2, 0) is 4.79 Å². The Morgan fingerprint density at radius 2 is 1.35 bits per heavy atom. The molecular weight excluding hydrogens is 458 g/mol. The lowest BCUT2D eigenvalue weighted by Crippen LogP contribution is -2.70. The standard InChI is InChI=1S/C24H19N3O6S/c1-12(2)18(24(32)33)25-11-17(26-19(28)13-7-3-4-8-14(13)20(26)29)23(25)34-27-21(30)15-9-5-6-10-16(15)22(27)31/h3-10,17-18,23H,1,11H2,2H3,(H,32,33). The fourth-order valence-electron chi connectivity index (χ4n) is 4.60. The molecule has 34 heavy (non-hydrogen) atoms. The predicted molar refractivity (Wildman–Crippen MR) is 122 cm³/mol. The van der Waals surface area contributed by atoms with Crippen molar-refractivity contribution >= 4 is 41.5 Å². The SMILES string of the molecule is C=C(C)C(C(=O)O)N1CC(N2C(=O)c3ccccc3C2=O)C1SN1C(=O)c2ccccc2C1=O. The van der Waals surface area contributed by atoms with Crippen LogP contribution in [0, 0.1) is 0 Å². The van der Waals surface area contributed by atoms with Crippen molar-refractivity contribution in [3.05, 3.63) is 82.9 Å². The number of likely N-dealkylation sites (tertiary alicyclic amines) is 1. The summed E-state index contributed by atoms with van der Waals surface area (Å²) in [5.41, 5.74) is 1.38. The summed E-state index contributed by atoms with van der Waals surface area (Å²) >= 11 is 0.825. The van der Waals surface area contributed by atoms with Crippen molar-refractivity contribution in [3.8, 4) is 0 Å². The molecule has 9 nitrogen and oxygen atoms in total. The lowest BCUT2D eigenvalue weighted by molar-refractivity contribution is -0.144. The Bertz CT molecular complexity index is 1220. The van der Waals surface area contributed by atoms with Gasteiger partial charge in [-0.1, -0.05) is 36.4 Å². The first kappa shape index (κ1) is 22.1. The van der Waals surface area contributed by atoms with Crippen LogP contribution < -0.4 is 0 Å². The third kappa shape index (κ3) is 3.10. The minimum Gasteiger partial charge on any atom is -0.480 e. The average molecular weight is 477 g/mol. The monoisotopic (exact) mass is 477 g/mol. The van der Waals surface area contributed by atoms with Crippen LogP contribution in [-0.4, -0.2) is 72.8 Å². The van der Waals surface area contributed by atoms with Gasteiger partial charge in [-0.2, -0.15) is 0 Å². The minimum absolute atomic E-state index is 0.0656. The number of benzene rings is 2. The van der Waals surface area contributed by atoms with E-state index in [0.717, 1.165) is 21.2 Å². The number of carbonyl (C=O) groups excluding carboxylic acids is 4. The molecule has 3 heterocycles. The smallest absolute Gasteiger partial charge is 0.325 e. The lowest BCUT2D eigenvalue weighted by Gasteiger charge is -2.52. The van der Waals surface area contributed by atoms with Crippen LogP contribution in [0.5, 0.6) is 0 Å². The predicted octanol–water partition coefficient (Wildman–Crippen LogP) is 2.27. The highest BCUT2D eigenvalue weighted by molar-refractivity contribution is 7.98. The van der Waals surface area contributed by atoms with Crippen LogP contribution in [0.4, 0.5) is 0 Å². The number of fused-ring (bicyclic) bond motifs is 2. The molecule has 0 spiro atoms. The molecular formula is C24H19N3O6S. The topological polar surface area (TPSA) is 115 Å². The summed E-state index contributed by atoms with van der Waals surface area (Å²) in [4.78, 5) is 66.7. The van der Waals surface area contributed by atoms with Crippen LogP contribution >= 0.6 is 11.9 Å². The van der Waals surface area contributed by atoms with E-state index in [0.29, 0.717) is 5.57 Å². The highest BCUT2D eigenvalue weighted by Gasteiger charge is 2.55. The van der Waals surface area contributed by atoms with Gasteiger partial charge in [-0.25, -0.2) is 4.31 Å². The molecule has 1 fully saturated rings. The highest BCUT2D eigenvalue weighted by Crippen LogP contribution is 2.42. The molecule has 3 aliphatic heterocycles. The van der Waals surface area contributed by atoms with Gasteiger partial charge in [0.15, 0.2) is 0 Å². The van der Waals surface area contributed by atoms with Gasteiger partial charge in [0, 0.05) is 6.54 Å². The number of rotatable bonds is 6. The Hall–Kier alpha value is -3.76. The number of carbonyl (C=O) groups is 5. The van der Waals surface area contributed by atoms with Crippen LogP contribution in [0.1, 0.15) is 48.4 Å². The quantitative estimate of drug-likeness (QED) is 0.383. The molecule has 0 aliphatic carbocycles. The van der Waals surface area contributed by atoms with Gasteiger partial charge in [-0.3, -0.25) is 33.8 Å². The lowest BCUT2D eigenvalue weighted by atomic mass is 9.99. The fraction of sp³-hybridized carbons (Fsp3) is 0.208. The zero-order chi connectivity index (χ0) is 24.3. The first-order valence-electron chi connectivity index (χ1n) is 10.5. The van der Waals surface area contributed by atoms with Crippen LogP contribution in [0.2, 0.25) is 0 Å². The molecule has 10 heteroatoms. The molecule has 172 valence electrons. The summed E-state index contributed by atoms with van der Waals surface area (Å²) in [5.74, 6) is -3.18. The summed E-state index contributed by atoms with van der Waals surface area (Å²) in [7, 11) is 0. The van der Waals surface area contributed by atoms with E-state index in [2.05, 4.69) is 6.58 Å². The zero-order valence-electron chi connectivity index (χ0n) is 18.0. The first-order valence-corrected chi connectivity index (χ1v) is 11.3. The molecule has 1 N–H and O–H groups in total. The second kappa shape index (κ2) is 7.93. The minimum atomic E-state index is -1.15. The Morgan fingerprint density at radius 3 is 1.76 bits per heavy atom. The maximum absolute atomic E-state index is 13.1. The van der Waals surface area contributed by atoms with Gasteiger partial charge in [-0.05, 0) is 43.1 Å². The van der Waals surface area contributed by atoms with Crippen molar-refractivity contribution in [3.63, 3.8) is 0 Å². The van der Waals surface area contributed by atoms with Gasteiger partial charge in [0.05, 0.1) is 28.3 Å². The number of aliphatic carboxylic acids is 1. The van der Waals surface area contributed by atoms with Gasteiger partial charge < -0.3 is 5.11 Å². The largest absolute Gasteiger partial charge is 0.480 e. The van der Waals surface area contributed by atoms with E-state index in [-0.39, 0.29) is 28.8 Å². The molecule has 0 radical (unpaired) electrons. The number of nitrogens with zero attached hydrogens (tertiary/aromatic N) is 3. The van der Waals surface area contributed by atoms with Gasteiger partial charge in [0.1, 0.15) is 11.4 Å². The Balaban J connectivity index is 1.49. The number of amides is 4. The molecule has 3 unspecified atom stereocenters. The van der Waals surface area contributed by atoms with Gasteiger partial charge in [-0.15, -0.1) is 0 Å². The fourth-order valence-corrected chi connectivity index (χ4v) is 5.88. The first-order chi connectivity index (χ1) is 16.2. The molecule has 2 aromatic carbocycles. The molecule has 0 bridgehead atoms. The second-order valence-electron chi connectivity index (χ2n) is 8.32. The summed E-state index contributed by atoms with van der Waals surface area (Å²) < 4.78 is 0.976. The van der Waals surface area contributed by atoms with Crippen molar-refractivity contribution in [1.29, 1.82) is 0 Å². The van der Waals surface area contributed by atoms with E-state index in [1.54, 1.807) is 55.5 Å². The number of hydrogen-bond donors (Lipinski definition) is 1. The van der Waals surface area contributed by atoms with Crippen LogP contribution in [0.15, 0.2) is 60.7 Å². The van der Waals surface area contributed by atoms with Crippen molar-refractivity contribution in [2.24, 2.45) is 0 Å². The number of hydrogen-bond acceptors (Lipinski definition) is 7. The number of imide groups is 2. The van der Waals surface area contributed by atoms with Crippen molar-refractivity contribution in [2.45, 2.75) is 24.4 Å². The molecule has 1 saturated heterocycles. The molecule has 3 aliphatic rings. The molecule has 0 saturated carbocycles. The Morgan fingerprint density at radius 1 is 0.912 bits per heavy atom. The van der Waals surface area contributed by atoms with Crippen molar-refractivity contribution < 1.29 is 29.1 Å². The van der Waals surface area contributed by atoms with Crippen molar-refractivity contribution in [1.82, 2.24) is 14.1 Å². The van der Waals surface area contributed by atoms with Crippen molar-refractivity contribution in [2.75, 3.05) is 6.54 Å². The summed E-state index contributed by atoms with van der Waals surface area (Å²) in [6, 6.07) is 11.0. The van der Waals surface area contributed by atoms with E-state index >= 15 is 0 Å². The highest BCUT2D eigenvalue weighted by atomic mass is 32.2. The van der Waals surface area contributed by atoms with E-state index in [4.69, 9.17) is 0 Å². The zero-order valence-corrected chi connectivity index (χ0v) is 18.8. The normalized spacial score (nSPS) is 22.5. The summed E-state index contributed by atoms with van der Waals surface area (Å²) in [6.45, 7) is 5.40. The van der Waals surface area contributed by atoms with E-state index < -0.39 is 47.1 Å². The van der Waals surface area contributed by atoms with Gasteiger partial charge in [0.2, 0.25) is 0 Å². The number of carboxylic acids is 1. The molecule has 0 aromatic heterocycles. The van der Waals surface area contributed by atoms with E-state index in [9.17, 15) is 29.1 Å². The Labute approximate surface area is 198 Å².